The Morgan fingerprint density at radius 3 is 1.47 bits per heavy atom. The van der Waals surface area contributed by atoms with Gasteiger partial charge >= 0.3 is 0 Å². The maximum Gasteiger partial charge on any atom is 0.248 e. The van der Waals surface area contributed by atoms with Gasteiger partial charge < -0.3 is 75.4 Å². The maximum atomic E-state index is 15.8. The van der Waals surface area contributed by atoms with E-state index in [-0.39, 0.29) is 88.2 Å². The third-order valence-electron chi connectivity index (χ3n) is 20.1. The average Bonchev–Trinajstić information content (AvgIpc) is 0.810. The fraction of sp³-hybridized carbons (Fsp3) is 0.692. The highest BCUT2D eigenvalue weighted by molar-refractivity contribution is 6.30. The molecule has 2 aromatic carbocycles. The zero-order valence-electron chi connectivity index (χ0n) is 66.4. The van der Waals surface area contributed by atoms with Crippen molar-refractivity contribution >= 4 is 82.5 Å². The summed E-state index contributed by atoms with van der Waals surface area (Å²) in [6.07, 6.45) is -0.457. The van der Waals surface area contributed by atoms with Gasteiger partial charge in [-0.25, -0.2) is 0 Å². The number of hydrogen-bond acceptors (Lipinski definition) is 15. The molecule has 2 fully saturated rings. The van der Waals surface area contributed by atoms with Crippen LogP contribution in [0.15, 0.2) is 54.6 Å². The number of piperidine rings is 1. The van der Waals surface area contributed by atoms with Crippen molar-refractivity contribution in [2.75, 3.05) is 82.2 Å². The van der Waals surface area contributed by atoms with Gasteiger partial charge in [0.1, 0.15) is 60.4 Å². The standard InChI is InChI=1S/C78H125ClN12O15/c1-20-51(10)67-77(104)90(19)64(42-54-29-23-21-24-30-54)76(103)88(17)62(43-55-31-27-32-56(79)41-55)70(97)81-58(46-106-45-52(11)92)73(100)86(15)61(39-49(6)7)72(99)83-68(53(12)93)78(105)89(18)63(40-50(8)9)75(102)87(16)60(38-48(4)5)69(96)80-57(74(101)91-35-25-22-26-36-91)44-66(95)84(13)34-28-33-65(94)85(14)59(37-47(2)3)71(98)82-67/h21,23-24,27,29-32,41,47-53,57-64,67-68,92-93H,20,22,25-26,28,33-40,42-46H2,1-19H3,(H,80,96)(H,81,97)(H,82,98)(H,83,99)/t51-,52-,53+,57-,58-,59-,60-,61-,62-,63-,64?,67-,68-/m0/s1. The summed E-state index contributed by atoms with van der Waals surface area (Å²) in [7, 11) is 9.94. The highest BCUT2D eigenvalue weighted by Gasteiger charge is 2.45. The zero-order chi connectivity index (χ0) is 79.7. The van der Waals surface area contributed by atoms with E-state index in [2.05, 4.69) is 21.3 Å². The summed E-state index contributed by atoms with van der Waals surface area (Å²) in [6.45, 7) is 21.0. The van der Waals surface area contributed by atoms with Crippen LogP contribution in [0.5, 0.6) is 0 Å². The van der Waals surface area contributed by atoms with E-state index in [0.29, 0.717) is 48.5 Å². The van der Waals surface area contributed by atoms with Gasteiger partial charge in [-0.05, 0) is 118 Å². The molecule has 1 unspecified atom stereocenters. The number of aliphatic hydroxyl groups excluding tert-OH is 2. The van der Waals surface area contributed by atoms with Crippen molar-refractivity contribution in [3.05, 3.63) is 70.7 Å². The predicted molar refractivity (Wildman–Crippen MR) is 406 cm³/mol. The summed E-state index contributed by atoms with van der Waals surface area (Å²) in [6, 6.07) is 1.58. The Labute approximate surface area is 634 Å². The second kappa shape index (κ2) is 43.3. The Balaban J connectivity index is 2.00. The van der Waals surface area contributed by atoms with Crippen LogP contribution in [0.1, 0.15) is 165 Å². The number of amides is 12. The molecule has 0 bridgehead atoms. The average molecular weight is 1510 g/mol. The van der Waals surface area contributed by atoms with E-state index in [0.717, 1.165) is 16.2 Å². The summed E-state index contributed by atoms with van der Waals surface area (Å²) in [5, 5.41) is 33.5. The topological polar surface area (TPSA) is 329 Å². The van der Waals surface area contributed by atoms with E-state index >= 15 is 33.6 Å². The summed E-state index contributed by atoms with van der Waals surface area (Å²) >= 11 is 6.55. The molecule has 594 valence electrons. The minimum absolute atomic E-state index is 0.0326. The number of rotatable bonds is 20. The number of benzene rings is 2. The van der Waals surface area contributed by atoms with Gasteiger partial charge in [0.25, 0.3) is 0 Å². The summed E-state index contributed by atoms with van der Waals surface area (Å²) < 4.78 is 5.87. The maximum absolute atomic E-state index is 15.8. The second-order valence-corrected chi connectivity index (χ2v) is 31.4. The van der Waals surface area contributed by atoms with Gasteiger partial charge in [0.2, 0.25) is 70.9 Å². The van der Waals surface area contributed by atoms with Crippen LogP contribution in [0.4, 0.5) is 0 Å². The number of halogens is 1. The molecule has 4 rings (SSSR count). The molecule has 2 heterocycles. The van der Waals surface area contributed by atoms with Gasteiger partial charge in [0.05, 0.1) is 31.8 Å². The van der Waals surface area contributed by atoms with Crippen molar-refractivity contribution in [2.24, 2.45) is 29.6 Å². The smallest absolute Gasteiger partial charge is 0.248 e. The Morgan fingerprint density at radius 1 is 0.491 bits per heavy atom. The van der Waals surface area contributed by atoms with E-state index in [9.17, 15) is 34.2 Å². The fourth-order valence-electron chi connectivity index (χ4n) is 13.4. The molecule has 2 aromatic rings. The molecule has 106 heavy (non-hydrogen) atoms. The first-order valence-electron chi connectivity index (χ1n) is 37.8. The molecule has 6 N–H and O–H groups in total. The minimum Gasteiger partial charge on any atom is -0.391 e. The number of carbonyl (C=O) groups is 12. The predicted octanol–water partition coefficient (Wildman–Crippen LogP) is 4.69. The first-order valence-corrected chi connectivity index (χ1v) is 38.2. The quantitative estimate of drug-likeness (QED) is 0.105. The van der Waals surface area contributed by atoms with Crippen LogP contribution >= 0.6 is 11.6 Å². The van der Waals surface area contributed by atoms with Crippen molar-refractivity contribution in [1.82, 2.24) is 60.5 Å². The van der Waals surface area contributed by atoms with Gasteiger partial charge in [-0.3, -0.25) is 57.5 Å². The van der Waals surface area contributed by atoms with Crippen LogP contribution in [-0.2, 0) is 75.1 Å². The highest BCUT2D eigenvalue weighted by Crippen LogP contribution is 2.25. The third kappa shape index (κ3) is 26.9. The lowest BCUT2D eigenvalue weighted by Crippen LogP contribution is -2.63. The molecule has 27 nitrogen and oxygen atoms in total. The fourth-order valence-corrected chi connectivity index (χ4v) is 13.6. The number of ether oxygens (including phenoxy) is 1. The normalized spacial score (nSPS) is 25.2. The van der Waals surface area contributed by atoms with Crippen LogP contribution in [0, 0.1) is 29.6 Å². The Kier molecular flexibility index (Phi) is 37.0. The molecule has 0 aromatic heterocycles. The number of nitrogens with zero attached hydrogens (tertiary/aromatic N) is 8. The van der Waals surface area contributed by atoms with Gasteiger partial charge in [-0.1, -0.05) is 130 Å². The Morgan fingerprint density at radius 2 is 0.943 bits per heavy atom. The van der Waals surface area contributed by atoms with Gasteiger partial charge in [-0.2, -0.15) is 0 Å². The molecule has 0 aliphatic carbocycles. The molecule has 0 spiro atoms. The van der Waals surface area contributed by atoms with E-state index in [1.165, 1.54) is 87.7 Å². The lowest BCUT2D eigenvalue weighted by Gasteiger charge is -2.38. The number of carbonyl (C=O) groups excluding carboxylic acids is 12. The summed E-state index contributed by atoms with van der Waals surface area (Å²) in [4.78, 5) is 191. The van der Waals surface area contributed by atoms with E-state index in [4.69, 9.17) is 16.3 Å². The van der Waals surface area contributed by atoms with Crippen LogP contribution in [-0.4, -0.2) is 275 Å². The molecule has 0 radical (unpaired) electrons. The van der Waals surface area contributed by atoms with Crippen molar-refractivity contribution in [3.8, 4) is 0 Å². The molecule has 0 saturated carbocycles. The van der Waals surface area contributed by atoms with Crippen LogP contribution in [0.2, 0.25) is 5.02 Å². The lowest BCUT2D eigenvalue weighted by atomic mass is 9.94. The zero-order valence-corrected chi connectivity index (χ0v) is 67.2. The molecule has 2 saturated heterocycles. The third-order valence-corrected chi connectivity index (χ3v) is 20.4. The van der Waals surface area contributed by atoms with Crippen molar-refractivity contribution < 1.29 is 72.5 Å². The number of likely N-dealkylation sites (N-methyl/N-ethyl adjacent to an activating group) is 6. The van der Waals surface area contributed by atoms with E-state index in [1.807, 2.05) is 48.5 Å². The molecule has 13 atom stereocenters. The number of aliphatic hydroxyl groups is 2. The number of nitrogens with one attached hydrogen (secondary N) is 4. The van der Waals surface area contributed by atoms with Crippen LogP contribution < -0.4 is 21.3 Å². The highest BCUT2D eigenvalue weighted by atomic mass is 35.5. The first kappa shape index (κ1) is 90.6. The van der Waals surface area contributed by atoms with Crippen LogP contribution in [0.25, 0.3) is 0 Å². The van der Waals surface area contributed by atoms with Gasteiger partial charge in [0.15, 0.2) is 0 Å². The summed E-state index contributed by atoms with van der Waals surface area (Å²) in [5.74, 6) is -9.87. The number of likely N-dealkylation sites (tertiary alicyclic amines) is 1. The van der Waals surface area contributed by atoms with Crippen molar-refractivity contribution in [1.29, 1.82) is 0 Å². The molecule has 2 aliphatic rings. The largest absolute Gasteiger partial charge is 0.391 e. The monoisotopic (exact) mass is 1500 g/mol. The molecular weight excluding hydrogens is 1380 g/mol. The molecule has 2 aliphatic heterocycles. The van der Waals surface area contributed by atoms with Crippen molar-refractivity contribution in [3.63, 3.8) is 0 Å². The Bertz CT molecular complexity index is 3260. The molecular formula is C78H125ClN12O15. The Hall–Kier alpha value is -7.75. The lowest BCUT2D eigenvalue weighted by molar-refractivity contribution is -0.152. The summed E-state index contributed by atoms with van der Waals surface area (Å²) in [5.41, 5.74) is 1.13. The number of hydrogen-bond donors (Lipinski definition) is 6. The first-order chi connectivity index (χ1) is 49.7. The van der Waals surface area contributed by atoms with Gasteiger partial charge in [-0.15, -0.1) is 0 Å². The van der Waals surface area contributed by atoms with Crippen molar-refractivity contribution in [2.45, 2.75) is 239 Å². The second-order valence-electron chi connectivity index (χ2n) is 31.0. The minimum atomic E-state index is -1.74. The van der Waals surface area contributed by atoms with Crippen LogP contribution in [0.3, 0.4) is 0 Å². The van der Waals surface area contributed by atoms with Gasteiger partial charge in [0, 0.05) is 93.3 Å². The SMILES string of the molecule is CC[C@H](C)[C@@H]1NC(=O)[C@H](CC(C)C)N(C)C(=O)CCCN(C)C(=O)C[C@@H](C(=O)N2CCCCC2)NC(=O)[C@H](CC(C)C)N(C)C(=O)[C@H](CC(C)C)N(C)C(=O)[C@H]([C@@H](C)O)NC(=O)[C@H](CC(C)C)N(C)C(=O)[C@H](COC[C@H](C)O)NC(=O)[C@H](Cc2cccc(Cl)c2)N(C)C(=O)C(Cc2ccccc2)N(C)C1=O. The molecule has 12 amide bonds. The van der Waals surface area contributed by atoms with E-state index in [1.54, 1.807) is 80.3 Å². The van der Waals surface area contributed by atoms with E-state index < -0.39 is 162 Å². The molecule has 28 heteroatoms.